The van der Waals surface area contributed by atoms with Crippen LogP contribution in [0.5, 0.6) is 0 Å². The van der Waals surface area contributed by atoms with Gasteiger partial charge in [-0.2, -0.15) is 0 Å². The lowest BCUT2D eigenvalue weighted by molar-refractivity contribution is -0.114. The lowest BCUT2D eigenvalue weighted by atomic mass is 10.1. The first-order chi connectivity index (χ1) is 11.5. The maximum Gasteiger partial charge on any atom is 0.221 e. The Kier molecular flexibility index (Phi) is 4.71. The molecule has 2 aromatic rings. The summed E-state index contributed by atoms with van der Waals surface area (Å²) in [4.78, 5) is 23.7. The minimum atomic E-state index is -0.252. The summed E-state index contributed by atoms with van der Waals surface area (Å²) in [7, 11) is 0. The Morgan fingerprint density at radius 2 is 1.92 bits per heavy atom. The molecule has 0 spiro atoms. The number of Topliss-reactive ketones (excluding diaryl/α,β-unsaturated/α-hetero) is 1. The molecule has 3 rings (SSSR count). The van der Waals surface area contributed by atoms with Crippen molar-refractivity contribution in [3.8, 4) is 0 Å². The summed E-state index contributed by atoms with van der Waals surface area (Å²) in [5.74, 6) is 0.810. The molecule has 0 radical (unpaired) electrons. The largest absolute Gasteiger partial charge is 0.326 e. The number of aromatic nitrogens is 3. The standard InChI is InChI=1S/C17H20N4O2S/c1-10(24-17-20-19-11(2)21(17)15-8-9-15)16(23)13-4-6-14(7-5-13)18-12(3)22/h4-7,10,15H,8-9H2,1-3H3,(H,18,22)/t10-/m1/s1. The van der Waals surface area contributed by atoms with Crippen LogP contribution in [0.25, 0.3) is 0 Å². The highest BCUT2D eigenvalue weighted by Crippen LogP contribution is 2.39. The van der Waals surface area contributed by atoms with Crippen LogP contribution >= 0.6 is 11.8 Å². The maximum atomic E-state index is 12.6. The van der Waals surface area contributed by atoms with E-state index in [0.717, 1.165) is 23.8 Å². The number of nitrogens with zero attached hydrogens (tertiary/aromatic N) is 3. The van der Waals surface area contributed by atoms with Gasteiger partial charge < -0.3 is 9.88 Å². The first-order valence-corrected chi connectivity index (χ1v) is 8.83. The van der Waals surface area contributed by atoms with Gasteiger partial charge in [0.1, 0.15) is 5.82 Å². The highest BCUT2D eigenvalue weighted by atomic mass is 32.2. The number of hydrogen-bond donors (Lipinski definition) is 1. The van der Waals surface area contributed by atoms with Crippen molar-refractivity contribution >= 4 is 29.1 Å². The van der Waals surface area contributed by atoms with Crippen molar-refractivity contribution in [1.29, 1.82) is 0 Å². The van der Waals surface area contributed by atoms with Gasteiger partial charge in [-0.3, -0.25) is 9.59 Å². The van der Waals surface area contributed by atoms with Crippen LogP contribution in [0.1, 0.15) is 48.9 Å². The van der Waals surface area contributed by atoms with Gasteiger partial charge in [0, 0.05) is 24.2 Å². The predicted molar refractivity (Wildman–Crippen MR) is 93.4 cm³/mol. The highest BCUT2D eigenvalue weighted by molar-refractivity contribution is 8.00. The molecule has 1 amide bonds. The van der Waals surface area contributed by atoms with Crippen molar-refractivity contribution in [3.63, 3.8) is 0 Å². The van der Waals surface area contributed by atoms with Crippen molar-refractivity contribution in [2.75, 3.05) is 5.32 Å². The van der Waals surface area contributed by atoms with E-state index in [4.69, 9.17) is 0 Å². The van der Waals surface area contributed by atoms with Crippen LogP contribution in [0.4, 0.5) is 5.69 Å². The van der Waals surface area contributed by atoms with Crippen LogP contribution in [0.15, 0.2) is 29.4 Å². The van der Waals surface area contributed by atoms with Crippen molar-refractivity contribution in [3.05, 3.63) is 35.7 Å². The molecule has 1 saturated carbocycles. The van der Waals surface area contributed by atoms with E-state index in [9.17, 15) is 9.59 Å². The van der Waals surface area contributed by atoms with Crippen molar-refractivity contribution in [2.24, 2.45) is 0 Å². The molecule has 1 atom stereocenters. The Bertz CT molecular complexity index is 765. The van der Waals surface area contributed by atoms with Crippen LogP contribution in [0.2, 0.25) is 0 Å². The summed E-state index contributed by atoms with van der Waals surface area (Å²) in [6.45, 7) is 5.29. The number of rotatable bonds is 6. The van der Waals surface area contributed by atoms with Gasteiger partial charge in [0.25, 0.3) is 0 Å². The SMILES string of the molecule is CC(=O)Nc1ccc(C(=O)[C@@H](C)Sc2nnc(C)n2C2CC2)cc1. The fourth-order valence-corrected chi connectivity index (χ4v) is 3.59. The molecule has 7 heteroatoms. The number of carbonyl (C=O) groups is 2. The molecular weight excluding hydrogens is 324 g/mol. The number of anilines is 1. The molecular formula is C17H20N4O2S. The van der Waals surface area contributed by atoms with Crippen LogP contribution < -0.4 is 5.32 Å². The molecule has 1 N–H and O–H groups in total. The minimum absolute atomic E-state index is 0.0392. The first kappa shape index (κ1) is 16.7. The molecule has 1 aliphatic rings. The molecule has 0 bridgehead atoms. The third-order valence-corrected chi connectivity index (χ3v) is 4.95. The molecule has 1 aliphatic carbocycles. The summed E-state index contributed by atoms with van der Waals surface area (Å²) in [5.41, 5.74) is 1.31. The molecule has 126 valence electrons. The number of nitrogens with one attached hydrogen (secondary N) is 1. The average molecular weight is 344 g/mol. The maximum absolute atomic E-state index is 12.6. The number of carbonyl (C=O) groups excluding carboxylic acids is 2. The third-order valence-electron chi connectivity index (χ3n) is 3.89. The molecule has 24 heavy (non-hydrogen) atoms. The average Bonchev–Trinajstić information content (AvgIpc) is 3.31. The Morgan fingerprint density at radius 1 is 1.25 bits per heavy atom. The zero-order valence-electron chi connectivity index (χ0n) is 13.9. The summed E-state index contributed by atoms with van der Waals surface area (Å²) >= 11 is 1.45. The first-order valence-electron chi connectivity index (χ1n) is 7.95. The highest BCUT2D eigenvalue weighted by Gasteiger charge is 2.30. The van der Waals surface area contributed by atoms with Crippen molar-refractivity contribution in [2.45, 2.75) is 50.1 Å². The predicted octanol–water partition coefficient (Wildman–Crippen LogP) is 3.24. The van der Waals surface area contributed by atoms with Crippen molar-refractivity contribution in [1.82, 2.24) is 14.8 Å². The smallest absolute Gasteiger partial charge is 0.221 e. The van der Waals surface area contributed by atoms with E-state index < -0.39 is 0 Å². The second kappa shape index (κ2) is 6.76. The molecule has 1 fully saturated rings. The molecule has 6 nitrogen and oxygen atoms in total. The summed E-state index contributed by atoms with van der Waals surface area (Å²) in [6, 6.07) is 7.44. The van der Waals surface area contributed by atoms with Gasteiger partial charge in [0.2, 0.25) is 5.91 Å². The molecule has 1 heterocycles. The van der Waals surface area contributed by atoms with E-state index in [2.05, 4.69) is 20.1 Å². The van der Waals surface area contributed by atoms with Gasteiger partial charge in [-0.15, -0.1) is 10.2 Å². The van der Waals surface area contributed by atoms with Gasteiger partial charge in [0.15, 0.2) is 10.9 Å². The minimum Gasteiger partial charge on any atom is -0.326 e. The number of thioether (sulfide) groups is 1. The van der Waals surface area contributed by atoms with Crippen LogP contribution in [-0.2, 0) is 4.79 Å². The van der Waals surface area contributed by atoms with Gasteiger partial charge in [0.05, 0.1) is 5.25 Å². The summed E-state index contributed by atoms with van der Waals surface area (Å²) in [5, 5.41) is 11.6. The number of hydrogen-bond acceptors (Lipinski definition) is 5. The lowest BCUT2D eigenvalue weighted by Crippen LogP contribution is -2.15. The lowest BCUT2D eigenvalue weighted by Gasteiger charge is -2.12. The second-order valence-corrected chi connectivity index (χ2v) is 7.32. The van der Waals surface area contributed by atoms with Crippen LogP contribution in [-0.4, -0.2) is 31.7 Å². The van der Waals surface area contributed by atoms with E-state index in [1.165, 1.54) is 18.7 Å². The van der Waals surface area contributed by atoms with E-state index in [1.54, 1.807) is 24.3 Å². The van der Waals surface area contributed by atoms with E-state index in [1.807, 2.05) is 13.8 Å². The number of aryl methyl sites for hydroxylation is 1. The van der Waals surface area contributed by atoms with Crippen molar-refractivity contribution < 1.29 is 9.59 Å². The Hall–Kier alpha value is -2.15. The zero-order valence-corrected chi connectivity index (χ0v) is 14.8. The number of benzene rings is 1. The monoisotopic (exact) mass is 344 g/mol. The van der Waals surface area contributed by atoms with Gasteiger partial charge in [-0.1, -0.05) is 11.8 Å². The fourth-order valence-electron chi connectivity index (χ4n) is 2.55. The number of ketones is 1. The van der Waals surface area contributed by atoms with Gasteiger partial charge >= 0.3 is 0 Å². The molecule has 1 aromatic carbocycles. The summed E-state index contributed by atoms with van der Waals surface area (Å²) < 4.78 is 2.13. The molecule has 0 aliphatic heterocycles. The Balaban J connectivity index is 1.69. The molecule has 0 unspecified atom stereocenters. The molecule has 1 aromatic heterocycles. The zero-order chi connectivity index (χ0) is 17.3. The third kappa shape index (κ3) is 3.67. The molecule has 0 saturated heterocycles. The topological polar surface area (TPSA) is 76.9 Å². The fraction of sp³-hybridized carbons (Fsp3) is 0.412. The van der Waals surface area contributed by atoms with Gasteiger partial charge in [-0.25, -0.2) is 0 Å². The number of amides is 1. The van der Waals surface area contributed by atoms with E-state index in [-0.39, 0.29) is 16.9 Å². The van der Waals surface area contributed by atoms with Crippen LogP contribution in [0, 0.1) is 6.92 Å². The van der Waals surface area contributed by atoms with Crippen LogP contribution in [0.3, 0.4) is 0 Å². The van der Waals surface area contributed by atoms with Gasteiger partial charge in [-0.05, 0) is 51.0 Å². The Labute approximate surface area is 145 Å². The van der Waals surface area contributed by atoms with E-state index in [0.29, 0.717) is 17.3 Å². The second-order valence-electron chi connectivity index (χ2n) is 6.01. The normalized spacial score (nSPS) is 15.1. The van der Waals surface area contributed by atoms with E-state index >= 15 is 0 Å². The summed E-state index contributed by atoms with van der Waals surface area (Å²) in [6.07, 6.45) is 2.30. The quantitative estimate of drug-likeness (QED) is 0.643. The Morgan fingerprint density at radius 3 is 2.50 bits per heavy atom.